The van der Waals surface area contributed by atoms with E-state index in [0.717, 1.165) is 5.75 Å². The molecule has 0 fully saturated rings. The molecule has 0 aliphatic carbocycles. The van der Waals surface area contributed by atoms with Crippen LogP contribution in [0.4, 0.5) is 0 Å². The van der Waals surface area contributed by atoms with Crippen molar-refractivity contribution in [2.45, 2.75) is 10.6 Å². The van der Waals surface area contributed by atoms with E-state index < -0.39 is 0 Å². The Kier molecular flexibility index (Phi) is 3.58. The molecule has 0 aliphatic rings. The summed E-state index contributed by atoms with van der Waals surface area (Å²) in [5.74, 6) is 0.875. The number of thioether (sulfide) groups is 1. The van der Waals surface area contributed by atoms with Gasteiger partial charge in [-0.1, -0.05) is 12.1 Å². The van der Waals surface area contributed by atoms with Crippen LogP contribution in [0.25, 0.3) is 0 Å². The van der Waals surface area contributed by atoms with Crippen molar-refractivity contribution in [2.24, 2.45) is 0 Å². The summed E-state index contributed by atoms with van der Waals surface area (Å²) in [5.41, 5.74) is 1.88. The molecule has 0 saturated heterocycles. The number of benzene rings is 1. The Hall–Kier alpha value is -1.79. The van der Waals surface area contributed by atoms with Crippen LogP contribution in [0.3, 0.4) is 0 Å². The smallest absolute Gasteiger partial charge is 0.0991 e. The summed E-state index contributed by atoms with van der Waals surface area (Å²) in [4.78, 5) is 5.16. The van der Waals surface area contributed by atoms with E-state index in [1.807, 2.05) is 36.4 Å². The zero-order valence-electron chi connectivity index (χ0n) is 8.63. The van der Waals surface area contributed by atoms with Crippen LogP contribution in [-0.2, 0) is 5.75 Å². The molecular weight excluding hydrogens is 216 g/mol. The number of rotatable bonds is 3. The zero-order chi connectivity index (χ0) is 11.2. The molecular formula is C13H10N2S. The maximum absolute atomic E-state index is 8.78. The van der Waals surface area contributed by atoms with Crippen molar-refractivity contribution in [1.82, 2.24) is 4.98 Å². The van der Waals surface area contributed by atoms with Crippen LogP contribution in [0, 0.1) is 11.3 Å². The third-order valence-corrected chi connectivity index (χ3v) is 3.19. The minimum absolute atomic E-state index is 0.716. The lowest BCUT2D eigenvalue weighted by atomic mass is 10.2. The van der Waals surface area contributed by atoms with Gasteiger partial charge in [0.05, 0.1) is 11.6 Å². The molecule has 1 aromatic carbocycles. The Morgan fingerprint density at radius 3 is 2.75 bits per heavy atom. The number of aromatic nitrogens is 1. The summed E-state index contributed by atoms with van der Waals surface area (Å²) in [6, 6.07) is 13.8. The maximum atomic E-state index is 8.78. The molecule has 2 aromatic rings. The second kappa shape index (κ2) is 5.34. The number of nitriles is 1. The fraction of sp³-hybridized carbons (Fsp3) is 0.0769. The molecule has 0 amide bonds. The molecule has 3 heteroatoms. The van der Waals surface area contributed by atoms with Crippen LogP contribution >= 0.6 is 11.8 Å². The van der Waals surface area contributed by atoms with Gasteiger partial charge in [-0.05, 0) is 29.8 Å². The molecule has 0 saturated carbocycles. The second-order valence-electron chi connectivity index (χ2n) is 3.28. The van der Waals surface area contributed by atoms with Gasteiger partial charge in [-0.25, -0.2) is 0 Å². The number of hydrogen-bond acceptors (Lipinski definition) is 3. The number of pyridine rings is 1. The van der Waals surface area contributed by atoms with Crippen molar-refractivity contribution in [3.05, 3.63) is 59.9 Å². The van der Waals surface area contributed by atoms with E-state index in [9.17, 15) is 0 Å². The van der Waals surface area contributed by atoms with Crippen molar-refractivity contribution in [3.8, 4) is 6.07 Å². The van der Waals surface area contributed by atoms with Crippen molar-refractivity contribution in [2.75, 3.05) is 0 Å². The van der Waals surface area contributed by atoms with Crippen molar-refractivity contribution in [1.29, 1.82) is 5.26 Å². The van der Waals surface area contributed by atoms with Gasteiger partial charge in [0.2, 0.25) is 0 Å². The second-order valence-corrected chi connectivity index (χ2v) is 4.33. The first kappa shape index (κ1) is 10.7. The predicted octanol–water partition coefficient (Wildman–Crippen LogP) is 3.25. The largest absolute Gasteiger partial charge is 0.265 e. The van der Waals surface area contributed by atoms with Crippen molar-refractivity contribution < 1.29 is 0 Å². The van der Waals surface area contributed by atoms with E-state index in [2.05, 4.69) is 11.1 Å². The lowest BCUT2D eigenvalue weighted by molar-refractivity contribution is 1.26. The molecule has 0 unspecified atom stereocenters. The summed E-state index contributed by atoms with van der Waals surface area (Å²) in [5, 5.41) is 8.78. The van der Waals surface area contributed by atoms with Gasteiger partial charge in [0, 0.05) is 23.0 Å². The first-order valence-corrected chi connectivity index (χ1v) is 5.89. The average Bonchev–Trinajstić information content (AvgIpc) is 2.38. The van der Waals surface area contributed by atoms with Crippen LogP contribution in [-0.4, -0.2) is 4.98 Å². The van der Waals surface area contributed by atoms with E-state index >= 15 is 0 Å². The van der Waals surface area contributed by atoms with Crippen molar-refractivity contribution >= 4 is 11.8 Å². The molecule has 0 radical (unpaired) electrons. The SMILES string of the molecule is N#Cc1cccc(CSc2ccncc2)c1. The lowest BCUT2D eigenvalue weighted by Crippen LogP contribution is -1.82. The minimum atomic E-state index is 0.716. The van der Waals surface area contributed by atoms with Crippen LogP contribution in [0.5, 0.6) is 0 Å². The minimum Gasteiger partial charge on any atom is -0.265 e. The molecule has 1 heterocycles. The summed E-state index contributed by atoms with van der Waals surface area (Å²) in [7, 11) is 0. The molecule has 0 aliphatic heterocycles. The van der Waals surface area contributed by atoms with Gasteiger partial charge in [0.25, 0.3) is 0 Å². The summed E-state index contributed by atoms with van der Waals surface area (Å²) >= 11 is 1.74. The molecule has 78 valence electrons. The zero-order valence-corrected chi connectivity index (χ0v) is 9.45. The average molecular weight is 226 g/mol. The highest BCUT2D eigenvalue weighted by molar-refractivity contribution is 7.98. The standard InChI is InChI=1S/C13H10N2S/c14-9-11-2-1-3-12(8-11)10-16-13-4-6-15-7-5-13/h1-8H,10H2. The van der Waals surface area contributed by atoms with Crippen molar-refractivity contribution in [3.63, 3.8) is 0 Å². The summed E-state index contributed by atoms with van der Waals surface area (Å²) in [6.07, 6.45) is 3.57. The van der Waals surface area contributed by atoms with Gasteiger partial charge in [-0.3, -0.25) is 4.98 Å². The third kappa shape index (κ3) is 2.85. The van der Waals surface area contributed by atoms with Crippen LogP contribution in [0.1, 0.15) is 11.1 Å². The normalized spacial score (nSPS) is 9.69. The molecule has 0 bridgehead atoms. The Morgan fingerprint density at radius 1 is 1.19 bits per heavy atom. The third-order valence-electron chi connectivity index (χ3n) is 2.11. The molecule has 2 rings (SSSR count). The van der Waals surface area contributed by atoms with Gasteiger partial charge < -0.3 is 0 Å². The van der Waals surface area contributed by atoms with Gasteiger partial charge in [0.1, 0.15) is 0 Å². The monoisotopic (exact) mass is 226 g/mol. The van der Waals surface area contributed by atoms with Gasteiger partial charge in [-0.15, -0.1) is 11.8 Å². The Balaban J connectivity index is 2.03. The van der Waals surface area contributed by atoms with E-state index in [-0.39, 0.29) is 0 Å². The molecule has 16 heavy (non-hydrogen) atoms. The Bertz CT molecular complexity index is 503. The number of hydrogen-bond donors (Lipinski definition) is 0. The molecule has 0 spiro atoms. The fourth-order valence-electron chi connectivity index (χ4n) is 1.33. The van der Waals surface area contributed by atoms with Crippen LogP contribution < -0.4 is 0 Å². The highest BCUT2D eigenvalue weighted by atomic mass is 32.2. The van der Waals surface area contributed by atoms with Gasteiger partial charge in [-0.2, -0.15) is 5.26 Å². The molecule has 0 N–H and O–H groups in total. The number of nitrogens with zero attached hydrogens (tertiary/aromatic N) is 2. The summed E-state index contributed by atoms with van der Waals surface area (Å²) < 4.78 is 0. The molecule has 2 nitrogen and oxygen atoms in total. The maximum Gasteiger partial charge on any atom is 0.0991 e. The quantitative estimate of drug-likeness (QED) is 0.754. The Labute approximate surface area is 99.0 Å². The lowest BCUT2D eigenvalue weighted by Gasteiger charge is -2.01. The molecule has 0 atom stereocenters. The van der Waals surface area contributed by atoms with E-state index in [1.54, 1.807) is 24.2 Å². The summed E-state index contributed by atoms with van der Waals surface area (Å²) in [6.45, 7) is 0. The fourth-order valence-corrected chi connectivity index (χ4v) is 2.16. The van der Waals surface area contributed by atoms with Gasteiger partial charge in [0.15, 0.2) is 0 Å². The van der Waals surface area contributed by atoms with Crippen LogP contribution in [0.2, 0.25) is 0 Å². The van der Waals surface area contributed by atoms with Crippen LogP contribution in [0.15, 0.2) is 53.7 Å². The first-order chi connectivity index (χ1) is 7.88. The van der Waals surface area contributed by atoms with Gasteiger partial charge >= 0.3 is 0 Å². The Morgan fingerprint density at radius 2 is 2.00 bits per heavy atom. The van der Waals surface area contributed by atoms with E-state index in [4.69, 9.17) is 5.26 Å². The predicted molar refractivity (Wildman–Crippen MR) is 65.0 cm³/mol. The van der Waals surface area contributed by atoms with E-state index in [0.29, 0.717) is 5.56 Å². The highest BCUT2D eigenvalue weighted by Gasteiger charge is 1.97. The molecule has 1 aromatic heterocycles. The topological polar surface area (TPSA) is 36.7 Å². The van der Waals surface area contributed by atoms with E-state index in [1.165, 1.54) is 10.5 Å². The first-order valence-electron chi connectivity index (χ1n) is 4.90. The highest BCUT2D eigenvalue weighted by Crippen LogP contribution is 2.21.